The molecule has 0 spiro atoms. The highest BCUT2D eigenvalue weighted by atomic mass is 19.3. The number of benzene rings is 3. The highest BCUT2D eigenvalue weighted by Gasteiger charge is 2.17. The van der Waals surface area contributed by atoms with Crippen LogP contribution in [0.3, 0.4) is 0 Å². The number of fused-ring (bicyclic) bond motifs is 1. The Morgan fingerprint density at radius 3 is 2.26 bits per heavy atom. The van der Waals surface area contributed by atoms with E-state index in [2.05, 4.69) is 4.74 Å². The van der Waals surface area contributed by atoms with Gasteiger partial charge >= 0.3 is 6.61 Å². The van der Waals surface area contributed by atoms with Gasteiger partial charge < -0.3 is 9.47 Å². The Morgan fingerprint density at radius 2 is 1.63 bits per heavy atom. The normalized spacial score (nSPS) is 11.2. The van der Waals surface area contributed by atoms with Gasteiger partial charge in [-0.2, -0.15) is 8.78 Å². The van der Waals surface area contributed by atoms with Crippen molar-refractivity contribution in [3.63, 3.8) is 0 Å². The van der Waals surface area contributed by atoms with Crippen molar-refractivity contribution >= 4 is 10.8 Å². The molecule has 0 bridgehead atoms. The molecule has 0 aliphatic rings. The topological polar surface area (TPSA) is 18.5 Å². The zero-order valence-corrected chi connectivity index (χ0v) is 15.3. The predicted octanol–water partition coefficient (Wildman–Crippen LogP) is 6.60. The van der Waals surface area contributed by atoms with Crippen LogP contribution in [0.15, 0.2) is 48.5 Å². The average molecular weight is 374 g/mol. The first kappa shape index (κ1) is 19.1. The molecule has 3 aromatic carbocycles. The van der Waals surface area contributed by atoms with E-state index >= 15 is 0 Å². The summed E-state index contributed by atoms with van der Waals surface area (Å²) in [6, 6.07) is 14.3. The van der Waals surface area contributed by atoms with Crippen molar-refractivity contribution in [1.82, 2.24) is 0 Å². The van der Waals surface area contributed by atoms with Crippen LogP contribution in [0.1, 0.15) is 25.8 Å². The van der Waals surface area contributed by atoms with Crippen LogP contribution in [-0.2, 0) is 6.42 Å². The van der Waals surface area contributed by atoms with E-state index in [1.165, 1.54) is 6.07 Å². The number of rotatable bonds is 7. The van der Waals surface area contributed by atoms with Crippen LogP contribution < -0.4 is 9.47 Å². The molecule has 0 aliphatic carbocycles. The van der Waals surface area contributed by atoms with Gasteiger partial charge in [0.15, 0.2) is 0 Å². The molecule has 27 heavy (non-hydrogen) atoms. The minimum atomic E-state index is -2.99. The Bertz CT molecular complexity index is 921. The second-order valence-corrected chi connectivity index (χ2v) is 6.19. The molecular weight excluding hydrogens is 353 g/mol. The van der Waals surface area contributed by atoms with Gasteiger partial charge in [-0.1, -0.05) is 37.6 Å². The van der Waals surface area contributed by atoms with E-state index < -0.39 is 12.4 Å². The van der Waals surface area contributed by atoms with Crippen molar-refractivity contribution in [3.8, 4) is 22.6 Å². The number of hydrogen-bond donors (Lipinski definition) is 0. The molecule has 0 atom stereocenters. The lowest BCUT2D eigenvalue weighted by atomic mass is 9.97. The van der Waals surface area contributed by atoms with Gasteiger partial charge in [0, 0.05) is 10.9 Å². The molecule has 0 saturated heterocycles. The first-order chi connectivity index (χ1) is 13.0. The van der Waals surface area contributed by atoms with E-state index in [4.69, 9.17) is 4.74 Å². The first-order valence-electron chi connectivity index (χ1n) is 8.96. The monoisotopic (exact) mass is 374 g/mol. The number of alkyl halides is 2. The lowest BCUT2D eigenvalue weighted by Crippen LogP contribution is -2.06. The molecule has 0 heterocycles. The fourth-order valence-electron chi connectivity index (χ4n) is 3.16. The largest absolute Gasteiger partial charge is 0.494 e. The summed E-state index contributed by atoms with van der Waals surface area (Å²) in [5, 5.41) is 0.921. The third kappa shape index (κ3) is 4.18. The minimum Gasteiger partial charge on any atom is -0.494 e. The van der Waals surface area contributed by atoms with Gasteiger partial charge in [0.25, 0.3) is 0 Å². The predicted molar refractivity (Wildman–Crippen MR) is 101 cm³/mol. The van der Waals surface area contributed by atoms with Crippen molar-refractivity contribution in [2.24, 2.45) is 0 Å². The number of ether oxygens (including phenoxy) is 2. The first-order valence-corrected chi connectivity index (χ1v) is 8.96. The SMILES string of the molecule is CCCc1c(OC(F)F)cc2cc(-c3ccc(OCC)cc3)ccc2c1F. The number of hydrogen-bond acceptors (Lipinski definition) is 2. The minimum absolute atomic E-state index is 0.0966. The molecule has 0 amide bonds. The van der Waals surface area contributed by atoms with E-state index in [0.717, 1.165) is 16.9 Å². The third-order valence-electron chi connectivity index (χ3n) is 4.35. The standard InChI is InChI=1S/C22H21F3O2/c1-3-5-19-20(27-22(24)25)13-16-12-15(8-11-18(16)21(19)23)14-6-9-17(10-7-14)26-4-2/h6-13,22H,3-5H2,1-2H3. The van der Waals surface area contributed by atoms with E-state index in [0.29, 0.717) is 30.2 Å². The fraction of sp³-hybridized carbons (Fsp3) is 0.273. The van der Waals surface area contributed by atoms with Crippen LogP contribution in [0.5, 0.6) is 11.5 Å². The average Bonchev–Trinajstić information content (AvgIpc) is 2.65. The second kappa shape index (κ2) is 8.33. The summed E-state index contributed by atoms with van der Waals surface area (Å²) in [6.45, 7) is 1.37. The molecule has 0 N–H and O–H groups in total. The molecule has 2 nitrogen and oxygen atoms in total. The van der Waals surface area contributed by atoms with E-state index in [1.807, 2.05) is 44.2 Å². The Kier molecular flexibility index (Phi) is 5.89. The van der Waals surface area contributed by atoms with Gasteiger partial charge in [0.1, 0.15) is 17.3 Å². The molecule has 0 unspecified atom stereocenters. The van der Waals surface area contributed by atoms with Crippen LogP contribution in [0.2, 0.25) is 0 Å². The maximum absolute atomic E-state index is 14.9. The summed E-state index contributed by atoms with van der Waals surface area (Å²) in [5.74, 6) is 0.175. The second-order valence-electron chi connectivity index (χ2n) is 6.19. The Hall–Kier alpha value is -2.69. The summed E-state index contributed by atoms with van der Waals surface area (Å²) < 4.78 is 50.4. The zero-order valence-electron chi connectivity index (χ0n) is 15.3. The molecule has 0 saturated carbocycles. The zero-order chi connectivity index (χ0) is 19.4. The van der Waals surface area contributed by atoms with E-state index in [1.54, 1.807) is 12.1 Å². The summed E-state index contributed by atoms with van der Waals surface area (Å²) >= 11 is 0. The van der Waals surface area contributed by atoms with Crippen LogP contribution in [0.25, 0.3) is 21.9 Å². The summed E-state index contributed by atoms with van der Waals surface area (Å²) in [7, 11) is 0. The van der Waals surface area contributed by atoms with E-state index in [9.17, 15) is 13.2 Å². The molecular formula is C22H21F3O2. The van der Waals surface area contributed by atoms with Crippen molar-refractivity contribution in [2.45, 2.75) is 33.3 Å². The molecule has 142 valence electrons. The summed E-state index contributed by atoms with van der Waals surface area (Å²) in [6.07, 6.45) is 0.969. The van der Waals surface area contributed by atoms with Crippen LogP contribution in [-0.4, -0.2) is 13.2 Å². The molecule has 5 heteroatoms. The Labute approximate surface area is 156 Å². The van der Waals surface area contributed by atoms with Gasteiger partial charge in [-0.05, 0) is 54.1 Å². The van der Waals surface area contributed by atoms with Gasteiger partial charge in [-0.3, -0.25) is 0 Å². The smallest absolute Gasteiger partial charge is 0.387 e. The fourth-order valence-corrected chi connectivity index (χ4v) is 3.16. The third-order valence-corrected chi connectivity index (χ3v) is 4.35. The molecule has 3 rings (SSSR count). The van der Waals surface area contributed by atoms with Crippen LogP contribution >= 0.6 is 0 Å². The number of halogens is 3. The van der Waals surface area contributed by atoms with Crippen LogP contribution in [0.4, 0.5) is 13.2 Å². The maximum atomic E-state index is 14.9. The molecule has 0 aliphatic heterocycles. The van der Waals surface area contributed by atoms with Crippen molar-refractivity contribution < 1.29 is 22.6 Å². The van der Waals surface area contributed by atoms with Crippen LogP contribution in [0, 0.1) is 5.82 Å². The maximum Gasteiger partial charge on any atom is 0.387 e. The lowest BCUT2D eigenvalue weighted by Gasteiger charge is -2.14. The Morgan fingerprint density at radius 1 is 0.926 bits per heavy atom. The summed E-state index contributed by atoms with van der Waals surface area (Å²) in [4.78, 5) is 0. The van der Waals surface area contributed by atoms with Crippen molar-refractivity contribution in [1.29, 1.82) is 0 Å². The molecule has 0 radical (unpaired) electrons. The highest BCUT2D eigenvalue weighted by molar-refractivity contribution is 5.90. The van der Waals surface area contributed by atoms with Crippen molar-refractivity contribution in [3.05, 3.63) is 59.9 Å². The van der Waals surface area contributed by atoms with E-state index in [-0.39, 0.29) is 11.3 Å². The molecule has 0 fully saturated rings. The van der Waals surface area contributed by atoms with Gasteiger partial charge in [0.2, 0.25) is 0 Å². The lowest BCUT2D eigenvalue weighted by molar-refractivity contribution is -0.0505. The molecule has 3 aromatic rings. The highest BCUT2D eigenvalue weighted by Crippen LogP contribution is 2.34. The van der Waals surface area contributed by atoms with Gasteiger partial charge in [0.05, 0.1) is 6.61 Å². The van der Waals surface area contributed by atoms with Gasteiger partial charge in [-0.25, -0.2) is 4.39 Å². The van der Waals surface area contributed by atoms with Crippen molar-refractivity contribution in [2.75, 3.05) is 6.61 Å². The quantitative estimate of drug-likeness (QED) is 0.464. The molecule has 0 aromatic heterocycles. The Balaban J connectivity index is 2.06. The summed E-state index contributed by atoms with van der Waals surface area (Å²) in [5.41, 5.74) is 1.98. The van der Waals surface area contributed by atoms with Gasteiger partial charge in [-0.15, -0.1) is 0 Å².